The molecule has 29 heavy (non-hydrogen) atoms. The van der Waals surface area contributed by atoms with Crippen molar-refractivity contribution in [1.29, 1.82) is 0 Å². The van der Waals surface area contributed by atoms with Gasteiger partial charge in [0, 0.05) is 6.54 Å². The van der Waals surface area contributed by atoms with Crippen molar-refractivity contribution in [2.45, 2.75) is 12.6 Å². The number of ether oxygens (including phenoxy) is 2. The number of benzene rings is 1. The van der Waals surface area contributed by atoms with Gasteiger partial charge in [-0.1, -0.05) is 6.07 Å². The Balaban J connectivity index is 1.25. The van der Waals surface area contributed by atoms with Gasteiger partial charge in [0.2, 0.25) is 6.79 Å². The molecular formula is C20H18N2O7. The second-order valence-electron chi connectivity index (χ2n) is 6.28. The first-order chi connectivity index (χ1) is 14.1. The fourth-order valence-corrected chi connectivity index (χ4v) is 2.77. The second-order valence-corrected chi connectivity index (χ2v) is 6.28. The summed E-state index contributed by atoms with van der Waals surface area (Å²) in [6.45, 7) is 0.131. The number of aliphatic hydroxyl groups is 1. The molecule has 1 unspecified atom stereocenters. The van der Waals surface area contributed by atoms with Gasteiger partial charge in [-0.2, -0.15) is 0 Å². The molecule has 9 nitrogen and oxygen atoms in total. The summed E-state index contributed by atoms with van der Waals surface area (Å²) >= 11 is 0. The Morgan fingerprint density at radius 2 is 1.83 bits per heavy atom. The van der Waals surface area contributed by atoms with Crippen molar-refractivity contribution in [2.75, 3.05) is 13.3 Å². The van der Waals surface area contributed by atoms with Gasteiger partial charge in [0.05, 0.1) is 12.8 Å². The standard InChI is InChI=1S/C20H18N2O7/c23-13(14-5-6-17(29-14)15-2-1-7-26-15)10-22-20(25)19(24)21-9-12-3-4-16-18(8-12)28-11-27-16/h1-8,13,23H,9-11H2,(H,21,24)(H,22,25). The van der Waals surface area contributed by atoms with E-state index in [1.165, 1.54) is 6.26 Å². The monoisotopic (exact) mass is 398 g/mol. The van der Waals surface area contributed by atoms with Gasteiger partial charge < -0.3 is 34.0 Å². The van der Waals surface area contributed by atoms with Gasteiger partial charge in [-0.15, -0.1) is 0 Å². The molecule has 2 amide bonds. The lowest BCUT2D eigenvalue weighted by molar-refractivity contribution is -0.139. The van der Waals surface area contributed by atoms with Crippen LogP contribution in [0.25, 0.3) is 11.5 Å². The largest absolute Gasteiger partial charge is 0.461 e. The molecule has 1 aliphatic heterocycles. The molecule has 3 N–H and O–H groups in total. The second kappa shape index (κ2) is 8.11. The van der Waals surface area contributed by atoms with Gasteiger partial charge in [0.1, 0.15) is 11.9 Å². The minimum atomic E-state index is -1.11. The van der Waals surface area contributed by atoms with Gasteiger partial charge in [0.25, 0.3) is 0 Å². The van der Waals surface area contributed by atoms with Crippen LogP contribution in [0.2, 0.25) is 0 Å². The molecule has 0 saturated carbocycles. The van der Waals surface area contributed by atoms with Crippen molar-refractivity contribution in [3.8, 4) is 23.0 Å². The van der Waals surface area contributed by atoms with Crippen LogP contribution in [0.4, 0.5) is 0 Å². The van der Waals surface area contributed by atoms with E-state index < -0.39 is 17.9 Å². The third kappa shape index (κ3) is 4.25. The third-order valence-corrected chi connectivity index (χ3v) is 4.27. The number of hydrogen-bond acceptors (Lipinski definition) is 7. The van der Waals surface area contributed by atoms with Crippen LogP contribution in [0.3, 0.4) is 0 Å². The summed E-state index contributed by atoms with van der Waals surface area (Å²) in [7, 11) is 0. The predicted molar refractivity (Wildman–Crippen MR) is 98.8 cm³/mol. The van der Waals surface area contributed by atoms with E-state index in [1.54, 1.807) is 42.5 Å². The number of hydrogen-bond donors (Lipinski definition) is 3. The Bertz CT molecular complexity index is 1010. The minimum absolute atomic E-state index is 0.149. The number of rotatable bonds is 6. The van der Waals surface area contributed by atoms with Crippen LogP contribution in [0.1, 0.15) is 17.4 Å². The first kappa shape index (κ1) is 18.6. The molecule has 1 aliphatic rings. The Labute approximate surface area is 165 Å². The first-order valence-electron chi connectivity index (χ1n) is 8.86. The van der Waals surface area contributed by atoms with Crippen molar-refractivity contribution in [2.24, 2.45) is 0 Å². The van der Waals surface area contributed by atoms with Crippen LogP contribution >= 0.6 is 0 Å². The molecule has 1 aromatic carbocycles. The number of carbonyl (C=O) groups excluding carboxylic acids is 2. The summed E-state index contributed by atoms with van der Waals surface area (Å²) in [5.41, 5.74) is 0.761. The average Bonchev–Trinajstić information content (AvgIpc) is 3.49. The molecule has 3 heterocycles. The Morgan fingerprint density at radius 3 is 2.66 bits per heavy atom. The quantitative estimate of drug-likeness (QED) is 0.540. The lowest BCUT2D eigenvalue weighted by atomic mass is 10.2. The van der Waals surface area contributed by atoms with Gasteiger partial charge in [-0.05, 0) is 42.0 Å². The summed E-state index contributed by atoms with van der Waals surface area (Å²) in [6, 6.07) is 11.9. The van der Waals surface area contributed by atoms with Crippen LogP contribution in [0.15, 0.2) is 57.6 Å². The van der Waals surface area contributed by atoms with E-state index in [-0.39, 0.29) is 25.6 Å². The molecule has 1 atom stereocenters. The highest BCUT2D eigenvalue weighted by molar-refractivity contribution is 6.35. The molecule has 2 aromatic heterocycles. The van der Waals surface area contributed by atoms with E-state index in [1.807, 2.05) is 0 Å². The van der Waals surface area contributed by atoms with Crippen LogP contribution in [-0.2, 0) is 16.1 Å². The van der Waals surface area contributed by atoms with Crippen LogP contribution in [0, 0.1) is 0 Å². The molecule has 3 aromatic rings. The Hall–Kier alpha value is -3.72. The van der Waals surface area contributed by atoms with Crippen molar-refractivity contribution < 1.29 is 33.0 Å². The Kier molecular flexibility index (Phi) is 5.21. The van der Waals surface area contributed by atoms with Crippen LogP contribution in [-0.4, -0.2) is 30.3 Å². The number of aliphatic hydroxyl groups excluding tert-OH is 1. The molecule has 0 bridgehead atoms. The highest BCUT2D eigenvalue weighted by Gasteiger charge is 2.19. The topological polar surface area (TPSA) is 123 Å². The number of fused-ring (bicyclic) bond motifs is 1. The normalized spacial score (nSPS) is 13.1. The molecule has 0 spiro atoms. The molecule has 0 radical (unpaired) electrons. The smallest absolute Gasteiger partial charge is 0.309 e. The van der Waals surface area contributed by atoms with Gasteiger partial charge in [-0.3, -0.25) is 9.59 Å². The van der Waals surface area contributed by atoms with E-state index in [9.17, 15) is 14.7 Å². The first-order valence-corrected chi connectivity index (χ1v) is 8.86. The zero-order chi connectivity index (χ0) is 20.2. The third-order valence-electron chi connectivity index (χ3n) is 4.27. The van der Waals surface area contributed by atoms with Gasteiger partial charge in [0.15, 0.2) is 23.0 Å². The maximum absolute atomic E-state index is 12.0. The lowest BCUT2D eigenvalue weighted by Crippen LogP contribution is -2.41. The number of furan rings is 2. The van der Waals surface area contributed by atoms with Gasteiger partial charge in [-0.25, -0.2) is 0 Å². The SMILES string of the molecule is O=C(NCc1ccc2c(c1)OCO2)C(=O)NCC(O)c1ccc(-c2ccco2)o1. The fraction of sp³-hybridized carbons (Fsp3) is 0.200. The predicted octanol–water partition coefficient (Wildman–Crippen LogP) is 1.73. The molecule has 0 aliphatic carbocycles. The average molecular weight is 398 g/mol. The van der Waals surface area contributed by atoms with Crippen molar-refractivity contribution in [1.82, 2.24) is 10.6 Å². The van der Waals surface area contributed by atoms with Gasteiger partial charge >= 0.3 is 11.8 Å². The molecule has 150 valence electrons. The van der Waals surface area contributed by atoms with Crippen LogP contribution < -0.4 is 20.1 Å². The van der Waals surface area contributed by atoms with E-state index in [4.69, 9.17) is 18.3 Å². The highest BCUT2D eigenvalue weighted by Crippen LogP contribution is 2.32. The van der Waals surface area contributed by atoms with E-state index in [2.05, 4.69) is 10.6 Å². The summed E-state index contributed by atoms with van der Waals surface area (Å²) in [4.78, 5) is 23.9. The molecule has 0 fully saturated rings. The summed E-state index contributed by atoms with van der Waals surface area (Å²) < 4.78 is 21.2. The summed E-state index contributed by atoms with van der Waals surface area (Å²) in [6.07, 6.45) is 0.403. The fourth-order valence-electron chi connectivity index (χ4n) is 2.77. The molecular weight excluding hydrogens is 380 g/mol. The van der Waals surface area contributed by atoms with E-state index in [0.717, 1.165) is 5.56 Å². The maximum Gasteiger partial charge on any atom is 0.309 e. The zero-order valence-electron chi connectivity index (χ0n) is 15.2. The van der Waals surface area contributed by atoms with Crippen LogP contribution in [0.5, 0.6) is 11.5 Å². The van der Waals surface area contributed by atoms with Crippen molar-refractivity contribution >= 4 is 11.8 Å². The summed E-state index contributed by atoms with van der Waals surface area (Å²) in [5.74, 6) is 0.787. The van der Waals surface area contributed by atoms with Crippen molar-refractivity contribution in [3.05, 3.63) is 60.1 Å². The van der Waals surface area contributed by atoms with E-state index in [0.29, 0.717) is 23.0 Å². The maximum atomic E-state index is 12.0. The van der Waals surface area contributed by atoms with Crippen molar-refractivity contribution in [3.63, 3.8) is 0 Å². The molecule has 4 rings (SSSR count). The lowest BCUT2D eigenvalue weighted by Gasteiger charge is -2.10. The zero-order valence-corrected chi connectivity index (χ0v) is 15.2. The Morgan fingerprint density at radius 1 is 1.00 bits per heavy atom. The molecule has 0 saturated heterocycles. The number of carbonyl (C=O) groups is 2. The number of nitrogens with one attached hydrogen (secondary N) is 2. The molecule has 9 heteroatoms. The number of amides is 2. The van der Waals surface area contributed by atoms with E-state index >= 15 is 0 Å². The summed E-state index contributed by atoms with van der Waals surface area (Å²) in [5, 5.41) is 15.0. The highest BCUT2D eigenvalue weighted by atomic mass is 16.7. The minimum Gasteiger partial charge on any atom is -0.461 e.